The summed E-state index contributed by atoms with van der Waals surface area (Å²) < 4.78 is 5.19. The van der Waals surface area contributed by atoms with E-state index >= 15 is 0 Å². The van der Waals surface area contributed by atoms with E-state index in [4.69, 9.17) is 10.2 Å². The van der Waals surface area contributed by atoms with Gasteiger partial charge >= 0.3 is 0 Å². The van der Waals surface area contributed by atoms with Crippen molar-refractivity contribution < 1.29 is 4.42 Å². The molecule has 0 saturated carbocycles. The van der Waals surface area contributed by atoms with Crippen LogP contribution < -0.4 is 11.1 Å². The summed E-state index contributed by atoms with van der Waals surface area (Å²) in [5, 5.41) is 2.83. The molecule has 0 unspecified atom stereocenters. The van der Waals surface area contributed by atoms with Gasteiger partial charge in [-0.15, -0.1) is 0 Å². The third-order valence-electron chi connectivity index (χ3n) is 1.33. The van der Waals surface area contributed by atoms with Crippen LogP contribution in [0.4, 0.5) is 0 Å². The van der Waals surface area contributed by atoms with Crippen molar-refractivity contribution in [3.05, 3.63) is 17.8 Å². The molecule has 66 valence electrons. The molecule has 0 spiro atoms. The van der Waals surface area contributed by atoms with E-state index in [1.807, 2.05) is 6.92 Å². The second-order valence-corrected chi connectivity index (χ2v) is 2.33. The normalized spacial score (nSPS) is 11.7. The van der Waals surface area contributed by atoms with Crippen LogP contribution in [0.3, 0.4) is 0 Å². The Morgan fingerprint density at radius 2 is 2.58 bits per heavy atom. The molecular weight excluding hydrogens is 156 g/mol. The average Bonchev–Trinajstić information content (AvgIpc) is 2.47. The zero-order chi connectivity index (χ0) is 8.97. The van der Waals surface area contributed by atoms with Gasteiger partial charge in [-0.3, -0.25) is 4.99 Å². The Kier molecular flexibility index (Phi) is 2.68. The van der Waals surface area contributed by atoms with E-state index in [0.29, 0.717) is 18.4 Å². The highest BCUT2D eigenvalue weighted by atomic mass is 16.4. The maximum Gasteiger partial charge on any atom is 0.213 e. The highest BCUT2D eigenvalue weighted by Crippen LogP contribution is 1.99. The molecule has 0 aliphatic heterocycles. The van der Waals surface area contributed by atoms with Gasteiger partial charge in [-0.25, -0.2) is 4.98 Å². The van der Waals surface area contributed by atoms with Crippen LogP contribution in [0, 0.1) is 6.92 Å². The van der Waals surface area contributed by atoms with Gasteiger partial charge in [0.05, 0.1) is 12.7 Å². The highest BCUT2D eigenvalue weighted by Gasteiger charge is 1.99. The minimum Gasteiger partial charge on any atom is -0.444 e. The Labute approximate surface area is 70.7 Å². The predicted molar refractivity (Wildman–Crippen MR) is 45.6 cm³/mol. The zero-order valence-corrected chi connectivity index (χ0v) is 7.16. The molecule has 0 atom stereocenters. The highest BCUT2D eigenvalue weighted by molar-refractivity contribution is 5.77. The van der Waals surface area contributed by atoms with Gasteiger partial charge in [0.1, 0.15) is 5.76 Å². The summed E-state index contributed by atoms with van der Waals surface area (Å²) in [6.45, 7) is 2.31. The van der Waals surface area contributed by atoms with Gasteiger partial charge in [-0.2, -0.15) is 0 Å². The Morgan fingerprint density at radius 3 is 3.08 bits per heavy atom. The lowest BCUT2D eigenvalue weighted by atomic mass is 10.6. The SMILES string of the molecule is CN=C(N)NCc1ncc(C)o1. The quantitative estimate of drug-likeness (QED) is 0.482. The number of aromatic nitrogens is 1. The molecule has 0 radical (unpaired) electrons. The number of oxazole rings is 1. The maximum absolute atomic E-state index is 5.40. The van der Waals surface area contributed by atoms with Crippen LogP contribution in [-0.4, -0.2) is 18.0 Å². The minimum absolute atomic E-state index is 0.380. The lowest BCUT2D eigenvalue weighted by molar-refractivity contribution is 0.465. The zero-order valence-electron chi connectivity index (χ0n) is 7.16. The summed E-state index contributed by atoms with van der Waals surface area (Å²) in [4.78, 5) is 7.71. The van der Waals surface area contributed by atoms with Crippen LogP contribution in [0.15, 0.2) is 15.6 Å². The van der Waals surface area contributed by atoms with E-state index in [0.717, 1.165) is 5.76 Å². The topological polar surface area (TPSA) is 76.4 Å². The number of aliphatic imine (C=N–C) groups is 1. The standard InChI is InChI=1S/C7H12N4O/c1-5-3-10-6(12-5)4-11-7(8)9-2/h3H,4H2,1-2H3,(H3,8,9,11). The van der Waals surface area contributed by atoms with Gasteiger partial charge < -0.3 is 15.5 Å². The summed E-state index contributed by atoms with van der Waals surface area (Å²) in [6.07, 6.45) is 1.66. The van der Waals surface area contributed by atoms with Crippen LogP contribution in [0.5, 0.6) is 0 Å². The van der Waals surface area contributed by atoms with E-state index in [9.17, 15) is 0 Å². The number of nitrogens with one attached hydrogen (secondary N) is 1. The smallest absolute Gasteiger partial charge is 0.213 e. The van der Waals surface area contributed by atoms with Crippen LogP contribution >= 0.6 is 0 Å². The third kappa shape index (κ3) is 2.26. The van der Waals surface area contributed by atoms with Gasteiger partial charge in [-0.1, -0.05) is 0 Å². The molecule has 3 N–H and O–H groups in total. The molecule has 0 aromatic carbocycles. The van der Waals surface area contributed by atoms with Crippen molar-refractivity contribution in [2.24, 2.45) is 10.7 Å². The van der Waals surface area contributed by atoms with Crippen molar-refractivity contribution in [3.8, 4) is 0 Å². The summed E-state index contributed by atoms with van der Waals surface area (Å²) in [5.41, 5.74) is 5.40. The van der Waals surface area contributed by atoms with Gasteiger partial charge in [0.15, 0.2) is 5.96 Å². The van der Waals surface area contributed by atoms with Crippen molar-refractivity contribution in [1.82, 2.24) is 10.3 Å². The molecule has 0 fully saturated rings. The Hall–Kier alpha value is -1.52. The Morgan fingerprint density at radius 1 is 1.83 bits per heavy atom. The molecule has 1 aromatic rings. The minimum atomic E-state index is 0.380. The van der Waals surface area contributed by atoms with Crippen molar-refractivity contribution in [2.45, 2.75) is 13.5 Å². The lowest BCUT2D eigenvalue weighted by Gasteiger charge is -1.99. The van der Waals surface area contributed by atoms with E-state index < -0.39 is 0 Å². The second kappa shape index (κ2) is 3.75. The molecule has 5 heteroatoms. The molecule has 1 rings (SSSR count). The van der Waals surface area contributed by atoms with Gasteiger partial charge in [0.25, 0.3) is 0 Å². The van der Waals surface area contributed by atoms with Crippen molar-refractivity contribution >= 4 is 5.96 Å². The number of rotatable bonds is 2. The number of aryl methyl sites for hydroxylation is 1. The number of hydrogen-bond acceptors (Lipinski definition) is 3. The fourth-order valence-electron chi connectivity index (χ4n) is 0.728. The van der Waals surface area contributed by atoms with Gasteiger partial charge in [0, 0.05) is 7.05 Å². The van der Waals surface area contributed by atoms with Gasteiger partial charge in [-0.05, 0) is 6.92 Å². The monoisotopic (exact) mass is 168 g/mol. The summed E-state index contributed by atoms with van der Waals surface area (Å²) in [5.74, 6) is 1.78. The van der Waals surface area contributed by atoms with Gasteiger partial charge in [0.2, 0.25) is 5.89 Å². The van der Waals surface area contributed by atoms with E-state index in [1.54, 1.807) is 13.2 Å². The van der Waals surface area contributed by atoms with E-state index in [-0.39, 0.29) is 0 Å². The van der Waals surface area contributed by atoms with E-state index in [1.165, 1.54) is 0 Å². The first kappa shape index (κ1) is 8.58. The van der Waals surface area contributed by atoms with Crippen molar-refractivity contribution in [2.75, 3.05) is 7.05 Å². The maximum atomic E-state index is 5.40. The number of hydrogen-bond donors (Lipinski definition) is 2. The molecule has 0 saturated heterocycles. The molecule has 0 aliphatic rings. The fourth-order valence-corrected chi connectivity index (χ4v) is 0.728. The number of nitrogens with two attached hydrogens (primary N) is 1. The first-order chi connectivity index (χ1) is 5.72. The Balaban J connectivity index is 2.43. The van der Waals surface area contributed by atoms with Crippen LogP contribution in [0.25, 0.3) is 0 Å². The summed E-state index contributed by atoms with van der Waals surface area (Å²) >= 11 is 0. The van der Waals surface area contributed by atoms with E-state index in [2.05, 4.69) is 15.3 Å². The van der Waals surface area contributed by atoms with Crippen LogP contribution in [-0.2, 0) is 6.54 Å². The van der Waals surface area contributed by atoms with Crippen molar-refractivity contribution in [1.29, 1.82) is 0 Å². The predicted octanol–water partition coefficient (Wildman–Crippen LogP) is 0.0171. The number of guanidine groups is 1. The molecular formula is C7H12N4O. The summed E-state index contributed by atoms with van der Waals surface area (Å²) in [7, 11) is 1.61. The molecule has 0 aliphatic carbocycles. The molecule has 12 heavy (non-hydrogen) atoms. The average molecular weight is 168 g/mol. The lowest BCUT2D eigenvalue weighted by Crippen LogP contribution is -2.30. The van der Waals surface area contributed by atoms with Crippen LogP contribution in [0.1, 0.15) is 11.7 Å². The van der Waals surface area contributed by atoms with Crippen molar-refractivity contribution in [3.63, 3.8) is 0 Å². The second-order valence-electron chi connectivity index (χ2n) is 2.33. The summed E-state index contributed by atoms with van der Waals surface area (Å²) in [6, 6.07) is 0. The fraction of sp³-hybridized carbons (Fsp3) is 0.429. The molecule has 5 nitrogen and oxygen atoms in total. The number of nitrogens with zero attached hydrogens (tertiary/aromatic N) is 2. The largest absolute Gasteiger partial charge is 0.444 e. The first-order valence-corrected chi connectivity index (χ1v) is 3.60. The Bertz CT molecular complexity index is 279. The third-order valence-corrected chi connectivity index (χ3v) is 1.33. The van der Waals surface area contributed by atoms with Crippen LogP contribution in [0.2, 0.25) is 0 Å². The molecule has 0 bridgehead atoms. The first-order valence-electron chi connectivity index (χ1n) is 3.60. The molecule has 0 amide bonds. The molecule has 1 aromatic heterocycles. The molecule has 1 heterocycles.